The Morgan fingerprint density at radius 3 is 2.21 bits per heavy atom. The van der Waals surface area contributed by atoms with E-state index in [0.717, 1.165) is 20.9 Å². The minimum atomic E-state index is -3.49. The number of thiazole rings is 1. The highest BCUT2D eigenvalue weighted by atomic mass is 79.9. The monoisotopic (exact) mass is 531 g/mol. The standard InChI is InChI=1S/C19H16BrCl2N3O2S2/c20-14-1-3-17(4-2-14)29(26,27)25-7-5-24(6-8-25)19-23-18(12-28-19)13-9-15(21)11-16(22)10-13/h1-4,9-12H,5-8H2. The number of halogens is 3. The van der Waals surface area contributed by atoms with Crippen molar-refractivity contribution in [3.8, 4) is 11.3 Å². The molecule has 0 N–H and O–H groups in total. The van der Waals surface area contributed by atoms with Crippen LogP contribution in [0.2, 0.25) is 10.0 Å². The van der Waals surface area contributed by atoms with Gasteiger partial charge in [-0.3, -0.25) is 0 Å². The molecule has 0 bridgehead atoms. The second-order valence-electron chi connectivity index (χ2n) is 6.52. The Kier molecular flexibility index (Phi) is 6.20. The lowest BCUT2D eigenvalue weighted by Gasteiger charge is -2.33. The molecule has 0 unspecified atom stereocenters. The Morgan fingerprint density at radius 1 is 0.966 bits per heavy atom. The van der Waals surface area contributed by atoms with Crippen LogP contribution in [0.5, 0.6) is 0 Å². The normalized spacial score (nSPS) is 15.6. The van der Waals surface area contributed by atoms with Gasteiger partial charge in [-0.25, -0.2) is 13.4 Å². The minimum absolute atomic E-state index is 0.309. The van der Waals surface area contributed by atoms with E-state index in [2.05, 4.69) is 20.8 Å². The first-order valence-corrected chi connectivity index (χ1v) is 12.6. The fourth-order valence-electron chi connectivity index (χ4n) is 3.12. The summed E-state index contributed by atoms with van der Waals surface area (Å²) < 4.78 is 28.1. The van der Waals surface area contributed by atoms with E-state index < -0.39 is 10.0 Å². The molecule has 0 atom stereocenters. The van der Waals surface area contributed by atoms with Crippen molar-refractivity contribution in [2.24, 2.45) is 0 Å². The quantitative estimate of drug-likeness (QED) is 0.452. The predicted octanol–water partition coefficient (Wildman–Crippen LogP) is 5.39. The van der Waals surface area contributed by atoms with Gasteiger partial charge in [0.15, 0.2) is 5.13 Å². The maximum atomic E-state index is 12.8. The van der Waals surface area contributed by atoms with E-state index >= 15 is 0 Å². The van der Waals surface area contributed by atoms with Gasteiger partial charge in [0, 0.05) is 51.6 Å². The van der Waals surface area contributed by atoms with Crippen molar-refractivity contribution in [3.05, 3.63) is 62.4 Å². The van der Waals surface area contributed by atoms with Gasteiger partial charge in [-0.15, -0.1) is 11.3 Å². The number of rotatable bonds is 4. The van der Waals surface area contributed by atoms with Crippen LogP contribution in [0, 0.1) is 0 Å². The van der Waals surface area contributed by atoms with E-state index in [-0.39, 0.29) is 0 Å². The molecule has 2 heterocycles. The first kappa shape index (κ1) is 21.1. The van der Waals surface area contributed by atoms with Crippen LogP contribution >= 0.6 is 50.5 Å². The molecule has 5 nitrogen and oxygen atoms in total. The molecule has 2 aromatic carbocycles. The number of hydrogen-bond acceptors (Lipinski definition) is 5. The Labute approximate surface area is 192 Å². The molecular weight excluding hydrogens is 517 g/mol. The van der Waals surface area contributed by atoms with Crippen molar-refractivity contribution in [3.63, 3.8) is 0 Å². The van der Waals surface area contributed by atoms with E-state index in [1.54, 1.807) is 30.3 Å². The van der Waals surface area contributed by atoms with Gasteiger partial charge in [-0.2, -0.15) is 4.31 Å². The topological polar surface area (TPSA) is 53.5 Å². The molecule has 0 radical (unpaired) electrons. The molecule has 152 valence electrons. The summed E-state index contributed by atoms with van der Waals surface area (Å²) in [7, 11) is -3.49. The van der Waals surface area contributed by atoms with Crippen LogP contribution in [-0.2, 0) is 10.0 Å². The Bertz CT molecular complexity index is 1110. The maximum Gasteiger partial charge on any atom is 0.243 e. The van der Waals surface area contributed by atoms with Gasteiger partial charge < -0.3 is 4.90 Å². The fraction of sp³-hybridized carbons (Fsp3) is 0.211. The summed E-state index contributed by atoms with van der Waals surface area (Å²) >= 11 is 17.0. The largest absolute Gasteiger partial charge is 0.345 e. The number of nitrogens with zero attached hydrogens (tertiary/aromatic N) is 3. The second-order valence-corrected chi connectivity index (χ2v) is 11.1. The van der Waals surface area contributed by atoms with Crippen LogP contribution in [0.3, 0.4) is 0 Å². The summed E-state index contributed by atoms with van der Waals surface area (Å²) in [5, 5.41) is 3.95. The molecule has 3 aromatic rings. The summed E-state index contributed by atoms with van der Waals surface area (Å²) in [5.74, 6) is 0. The highest BCUT2D eigenvalue weighted by molar-refractivity contribution is 9.10. The summed E-state index contributed by atoms with van der Waals surface area (Å²) in [6.07, 6.45) is 0. The number of hydrogen-bond donors (Lipinski definition) is 0. The summed E-state index contributed by atoms with van der Waals surface area (Å²) in [4.78, 5) is 7.11. The second kappa shape index (κ2) is 8.53. The molecule has 0 amide bonds. The van der Waals surface area contributed by atoms with Crippen LogP contribution < -0.4 is 4.90 Å². The smallest absolute Gasteiger partial charge is 0.243 e. The van der Waals surface area contributed by atoms with E-state index in [4.69, 9.17) is 28.2 Å². The van der Waals surface area contributed by atoms with Gasteiger partial charge >= 0.3 is 0 Å². The van der Waals surface area contributed by atoms with Crippen LogP contribution in [0.25, 0.3) is 11.3 Å². The van der Waals surface area contributed by atoms with Gasteiger partial charge in [-0.05, 0) is 42.5 Å². The summed E-state index contributed by atoms with van der Waals surface area (Å²) in [6.45, 7) is 1.99. The lowest BCUT2D eigenvalue weighted by atomic mass is 10.2. The molecule has 0 saturated carbocycles. The molecule has 1 aliphatic heterocycles. The van der Waals surface area contributed by atoms with Gasteiger partial charge in [0.1, 0.15) is 0 Å². The summed E-state index contributed by atoms with van der Waals surface area (Å²) in [6, 6.07) is 12.1. The lowest BCUT2D eigenvalue weighted by Crippen LogP contribution is -2.48. The van der Waals surface area contributed by atoms with E-state index in [1.165, 1.54) is 15.6 Å². The molecular formula is C19H16BrCl2N3O2S2. The minimum Gasteiger partial charge on any atom is -0.345 e. The average molecular weight is 533 g/mol. The van der Waals surface area contributed by atoms with Crippen LogP contribution in [0.4, 0.5) is 5.13 Å². The Hall–Kier alpha value is -1.16. The number of piperazine rings is 1. The number of aromatic nitrogens is 1. The fourth-order valence-corrected chi connectivity index (χ4v) is 6.22. The molecule has 1 aromatic heterocycles. The molecule has 1 saturated heterocycles. The molecule has 29 heavy (non-hydrogen) atoms. The molecule has 10 heteroatoms. The van der Waals surface area contributed by atoms with Crippen molar-refractivity contribution < 1.29 is 8.42 Å². The van der Waals surface area contributed by atoms with E-state index in [1.807, 2.05) is 17.5 Å². The third-order valence-corrected chi connectivity index (χ3v) is 8.39. The Morgan fingerprint density at radius 2 is 1.59 bits per heavy atom. The highest BCUT2D eigenvalue weighted by Gasteiger charge is 2.29. The zero-order chi connectivity index (χ0) is 20.6. The molecule has 1 aliphatic rings. The molecule has 0 aliphatic carbocycles. The van der Waals surface area contributed by atoms with E-state index in [0.29, 0.717) is 41.1 Å². The zero-order valence-electron chi connectivity index (χ0n) is 15.1. The SMILES string of the molecule is O=S(=O)(c1ccc(Br)cc1)N1CCN(c2nc(-c3cc(Cl)cc(Cl)c3)cs2)CC1. The van der Waals surface area contributed by atoms with Crippen molar-refractivity contribution in [1.82, 2.24) is 9.29 Å². The molecule has 0 spiro atoms. The van der Waals surface area contributed by atoms with Crippen LogP contribution in [0.15, 0.2) is 57.2 Å². The molecule has 4 rings (SSSR count). The van der Waals surface area contributed by atoms with Crippen molar-refractivity contribution in [2.75, 3.05) is 31.1 Å². The van der Waals surface area contributed by atoms with Gasteiger partial charge in [-0.1, -0.05) is 39.1 Å². The number of anilines is 1. The maximum absolute atomic E-state index is 12.8. The predicted molar refractivity (Wildman–Crippen MR) is 123 cm³/mol. The first-order chi connectivity index (χ1) is 13.8. The van der Waals surface area contributed by atoms with Crippen molar-refractivity contribution in [1.29, 1.82) is 0 Å². The Balaban J connectivity index is 1.46. The van der Waals surface area contributed by atoms with Gasteiger partial charge in [0.25, 0.3) is 0 Å². The van der Waals surface area contributed by atoms with Crippen LogP contribution in [-0.4, -0.2) is 43.9 Å². The average Bonchev–Trinajstić information content (AvgIpc) is 3.18. The van der Waals surface area contributed by atoms with Crippen molar-refractivity contribution >= 4 is 65.6 Å². The van der Waals surface area contributed by atoms with E-state index in [9.17, 15) is 8.42 Å². The van der Waals surface area contributed by atoms with Gasteiger partial charge in [0.05, 0.1) is 10.6 Å². The van der Waals surface area contributed by atoms with Crippen molar-refractivity contribution in [2.45, 2.75) is 4.90 Å². The molecule has 1 fully saturated rings. The highest BCUT2D eigenvalue weighted by Crippen LogP contribution is 2.32. The lowest BCUT2D eigenvalue weighted by molar-refractivity contribution is 0.385. The van der Waals surface area contributed by atoms with Crippen LogP contribution in [0.1, 0.15) is 0 Å². The number of sulfonamides is 1. The first-order valence-electron chi connectivity index (χ1n) is 8.75. The third-order valence-electron chi connectivity index (χ3n) is 4.61. The van der Waals surface area contributed by atoms with Gasteiger partial charge in [0.2, 0.25) is 10.0 Å². The summed E-state index contributed by atoms with van der Waals surface area (Å²) in [5.41, 5.74) is 1.67. The third kappa shape index (κ3) is 4.62. The number of benzene rings is 2. The zero-order valence-corrected chi connectivity index (χ0v) is 19.8.